The van der Waals surface area contributed by atoms with Crippen LogP contribution in [0.25, 0.3) is 10.9 Å². The summed E-state index contributed by atoms with van der Waals surface area (Å²) in [5.74, 6) is 1.01. The second-order valence-electron chi connectivity index (χ2n) is 5.72. The number of hydrogen-bond acceptors (Lipinski definition) is 4. The minimum absolute atomic E-state index is 0.235. The van der Waals surface area contributed by atoms with Crippen LogP contribution in [0.15, 0.2) is 30.3 Å². The van der Waals surface area contributed by atoms with Crippen molar-refractivity contribution in [2.45, 2.75) is 38.3 Å². The predicted molar refractivity (Wildman–Crippen MR) is 86.3 cm³/mol. The number of fused-ring (bicyclic) bond motifs is 1. The summed E-state index contributed by atoms with van der Waals surface area (Å²) < 4.78 is 0. The normalized spacial score (nSPS) is 19.1. The maximum atomic E-state index is 9.29. The van der Waals surface area contributed by atoms with Crippen molar-refractivity contribution >= 4 is 16.7 Å². The van der Waals surface area contributed by atoms with Gasteiger partial charge in [-0.3, -0.25) is 0 Å². The highest BCUT2D eigenvalue weighted by atomic mass is 16.3. The van der Waals surface area contributed by atoms with Gasteiger partial charge in [-0.15, -0.1) is 0 Å². The zero-order chi connectivity index (χ0) is 14.7. The molecule has 1 aromatic carbocycles. The number of pyridine rings is 1. The van der Waals surface area contributed by atoms with Crippen molar-refractivity contribution < 1.29 is 5.11 Å². The van der Waals surface area contributed by atoms with Crippen LogP contribution in [0.1, 0.15) is 31.2 Å². The van der Waals surface area contributed by atoms with Crippen LogP contribution in [0, 0.1) is 0 Å². The lowest BCUT2D eigenvalue weighted by atomic mass is 9.99. The molecule has 3 N–H and O–H groups in total. The molecule has 1 unspecified atom stereocenters. The zero-order valence-corrected chi connectivity index (χ0v) is 12.3. The molecule has 21 heavy (non-hydrogen) atoms. The first kappa shape index (κ1) is 14.3. The van der Waals surface area contributed by atoms with Crippen molar-refractivity contribution in [3.63, 3.8) is 0 Å². The molecule has 2 heterocycles. The fourth-order valence-electron chi connectivity index (χ4n) is 3.30. The van der Waals surface area contributed by atoms with Gasteiger partial charge < -0.3 is 15.7 Å². The molecule has 1 fully saturated rings. The average Bonchev–Trinajstić information content (AvgIpc) is 2.54. The minimum atomic E-state index is 0.235. The van der Waals surface area contributed by atoms with E-state index in [4.69, 9.17) is 10.7 Å². The van der Waals surface area contributed by atoms with E-state index in [0.717, 1.165) is 41.7 Å². The lowest BCUT2D eigenvalue weighted by Crippen LogP contribution is -2.40. The number of nitrogens with two attached hydrogens (primary N) is 1. The van der Waals surface area contributed by atoms with Gasteiger partial charge in [-0.1, -0.05) is 18.2 Å². The van der Waals surface area contributed by atoms with E-state index in [1.807, 2.05) is 18.2 Å². The van der Waals surface area contributed by atoms with Crippen molar-refractivity contribution in [3.05, 3.63) is 35.9 Å². The summed E-state index contributed by atoms with van der Waals surface area (Å²) in [4.78, 5) is 7.18. The Balaban J connectivity index is 2.02. The number of nitrogens with zero attached hydrogens (tertiary/aromatic N) is 2. The van der Waals surface area contributed by atoms with Crippen molar-refractivity contribution in [2.75, 3.05) is 18.1 Å². The van der Waals surface area contributed by atoms with Gasteiger partial charge >= 0.3 is 0 Å². The topological polar surface area (TPSA) is 62.4 Å². The van der Waals surface area contributed by atoms with Gasteiger partial charge in [0, 0.05) is 31.1 Å². The molecule has 4 nitrogen and oxygen atoms in total. The maximum Gasteiger partial charge on any atom is 0.129 e. The first-order valence-electron chi connectivity index (χ1n) is 7.79. The minimum Gasteiger partial charge on any atom is -0.396 e. The van der Waals surface area contributed by atoms with E-state index < -0.39 is 0 Å². The Morgan fingerprint density at radius 1 is 1.29 bits per heavy atom. The van der Waals surface area contributed by atoms with Crippen LogP contribution in [0.5, 0.6) is 0 Å². The third kappa shape index (κ3) is 2.87. The molecular weight excluding hydrogens is 262 g/mol. The Labute approximate surface area is 125 Å². The molecule has 112 valence electrons. The summed E-state index contributed by atoms with van der Waals surface area (Å²) in [7, 11) is 0. The lowest BCUT2D eigenvalue weighted by Gasteiger charge is -2.37. The van der Waals surface area contributed by atoms with E-state index in [9.17, 15) is 5.11 Å². The molecule has 1 saturated heterocycles. The van der Waals surface area contributed by atoms with E-state index in [0.29, 0.717) is 12.6 Å². The summed E-state index contributed by atoms with van der Waals surface area (Å²) >= 11 is 0. The molecular formula is C17H23N3O. The molecule has 1 aromatic heterocycles. The van der Waals surface area contributed by atoms with Gasteiger partial charge in [-0.25, -0.2) is 4.98 Å². The number of aliphatic hydroxyl groups excluding tert-OH is 1. The molecule has 1 aliphatic heterocycles. The Kier molecular flexibility index (Phi) is 4.36. The van der Waals surface area contributed by atoms with E-state index in [-0.39, 0.29) is 6.61 Å². The maximum absolute atomic E-state index is 9.29. The third-order valence-electron chi connectivity index (χ3n) is 4.39. The Morgan fingerprint density at radius 2 is 2.14 bits per heavy atom. The smallest absolute Gasteiger partial charge is 0.129 e. The third-order valence-corrected chi connectivity index (χ3v) is 4.39. The van der Waals surface area contributed by atoms with E-state index in [1.54, 1.807) is 0 Å². The molecule has 0 aliphatic carbocycles. The summed E-state index contributed by atoms with van der Waals surface area (Å²) in [6, 6.07) is 10.7. The van der Waals surface area contributed by atoms with Crippen LogP contribution in [0.4, 0.5) is 5.82 Å². The van der Waals surface area contributed by atoms with Gasteiger partial charge in [-0.2, -0.15) is 0 Å². The molecule has 0 spiro atoms. The van der Waals surface area contributed by atoms with Crippen molar-refractivity contribution in [1.29, 1.82) is 0 Å². The van der Waals surface area contributed by atoms with Crippen LogP contribution in [0.3, 0.4) is 0 Å². The highest BCUT2D eigenvalue weighted by molar-refractivity contribution is 5.84. The summed E-state index contributed by atoms with van der Waals surface area (Å²) in [5.41, 5.74) is 8.07. The van der Waals surface area contributed by atoms with E-state index in [2.05, 4.69) is 17.0 Å². The highest BCUT2D eigenvalue weighted by Gasteiger charge is 2.23. The highest BCUT2D eigenvalue weighted by Crippen LogP contribution is 2.28. The number of aromatic nitrogens is 1. The fourth-order valence-corrected chi connectivity index (χ4v) is 3.30. The SMILES string of the molecule is NCc1cc(N2CCCCC2CCO)nc2ccccc12. The van der Waals surface area contributed by atoms with Crippen LogP contribution in [-0.4, -0.2) is 29.3 Å². The average molecular weight is 285 g/mol. The molecule has 4 heteroatoms. The van der Waals surface area contributed by atoms with Gasteiger partial charge in [0.25, 0.3) is 0 Å². The number of benzene rings is 1. The number of anilines is 1. The zero-order valence-electron chi connectivity index (χ0n) is 12.3. The van der Waals surface area contributed by atoms with E-state index in [1.165, 1.54) is 12.8 Å². The number of hydrogen-bond donors (Lipinski definition) is 2. The summed E-state index contributed by atoms with van der Waals surface area (Å²) in [6.45, 7) is 1.77. The first-order valence-corrected chi connectivity index (χ1v) is 7.79. The van der Waals surface area contributed by atoms with Crippen LogP contribution >= 0.6 is 0 Å². The molecule has 1 atom stereocenters. The molecule has 1 aliphatic rings. The van der Waals surface area contributed by atoms with Crippen molar-refractivity contribution in [2.24, 2.45) is 5.73 Å². The summed E-state index contributed by atoms with van der Waals surface area (Å²) in [6.07, 6.45) is 4.37. The Morgan fingerprint density at radius 3 is 2.95 bits per heavy atom. The Bertz CT molecular complexity index is 612. The second kappa shape index (κ2) is 6.41. The van der Waals surface area contributed by atoms with Gasteiger partial charge in [0.05, 0.1) is 5.52 Å². The largest absolute Gasteiger partial charge is 0.396 e. The number of rotatable bonds is 4. The van der Waals surface area contributed by atoms with Crippen molar-refractivity contribution in [1.82, 2.24) is 4.98 Å². The standard InChI is InChI=1S/C17H23N3O/c18-12-13-11-17(19-16-7-2-1-6-15(13)16)20-9-4-3-5-14(20)8-10-21/h1-2,6-7,11,14,21H,3-5,8-10,12,18H2. The van der Waals surface area contributed by atoms with Crippen molar-refractivity contribution in [3.8, 4) is 0 Å². The van der Waals surface area contributed by atoms with Crippen LogP contribution in [-0.2, 0) is 6.54 Å². The van der Waals surface area contributed by atoms with E-state index >= 15 is 0 Å². The first-order chi connectivity index (χ1) is 10.3. The lowest BCUT2D eigenvalue weighted by molar-refractivity contribution is 0.262. The molecule has 0 radical (unpaired) electrons. The van der Waals surface area contributed by atoms with Gasteiger partial charge in [0.1, 0.15) is 5.82 Å². The van der Waals surface area contributed by atoms with Gasteiger partial charge in [0.2, 0.25) is 0 Å². The molecule has 0 saturated carbocycles. The van der Waals surface area contributed by atoms with Gasteiger partial charge in [-0.05, 0) is 43.4 Å². The van der Waals surface area contributed by atoms with Crippen LogP contribution in [0.2, 0.25) is 0 Å². The number of para-hydroxylation sites is 1. The quantitative estimate of drug-likeness (QED) is 0.905. The summed E-state index contributed by atoms with van der Waals surface area (Å²) in [5, 5.41) is 10.4. The molecule has 3 rings (SSSR count). The monoisotopic (exact) mass is 285 g/mol. The molecule has 0 bridgehead atoms. The number of aliphatic hydroxyl groups is 1. The predicted octanol–water partition coefficient (Wildman–Crippen LogP) is 2.43. The molecule has 0 amide bonds. The fraction of sp³-hybridized carbons (Fsp3) is 0.471. The second-order valence-corrected chi connectivity index (χ2v) is 5.72. The Hall–Kier alpha value is -1.65. The number of piperidine rings is 1. The molecule has 2 aromatic rings. The van der Waals surface area contributed by atoms with Gasteiger partial charge in [0.15, 0.2) is 0 Å². The van der Waals surface area contributed by atoms with Crippen LogP contribution < -0.4 is 10.6 Å².